The molecule has 27 heavy (non-hydrogen) atoms. The van der Waals surface area contributed by atoms with Gasteiger partial charge in [0.1, 0.15) is 11.6 Å². The summed E-state index contributed by atoms with van der Waals surface area (Å²) < 4.78 is 25.3. The van der Waals surface area contributed by atoms with Gasteiger partial charge in [-0.2, -0.15) is 0 Å². The predicted octanol–water partition coefficient (Wildman–Crippen LogP) is 2.09. The molecular formula is C20H19FN2O4. The number of hydrogen-bond acceptors (Lipinski definition) is 4. The van der Waals surface area contributed by atoms with Crippen molar-refractivity contribution in [3.8, 4) is 5.75 Å². The number of rotatable bonds is 2. The molecule has 2 aromatic carbocycles. The lowest BCUT2D eigenvalue weighted by molar-refractivity contribution is -0.142. The molecule has 0 unspecified atom stereocenters. The minimum Gasteiger partial charge on any atom is -0.476 e. The van der Waals surface area contributed by atoms with Crippen LogP contribution < -0.4 is 9.64 Å². The zero-order chi connectivity index (χ0) is 18.8. The highest BCUT2D eigenvalue weighted by atomic mass is 19.1. The monoisotopic (exact) mass is 370 g/mol. The van der Waals surface area contributed by atoms with Crippen LogP contribution in [0.2, 0.25) is 0 Å². The number of halogens is 1. The van der Waals surface area contributed by atoms with Gasteiger partial charge in [0.05, 0.1) is 31.0 Å². The van der Waals surface area contributed by atoms with Gasteiger partial charge in [-0.05, 0) is 24.3 Å². The van der Waals surface area contributed by atoms with Crippen molar-refractivity contribution in [2.24, 2.45) is 0 Å². The molecule has 0 bridgehead atoms. The smallest absolute Gasteiger partial charge is 0.265 e. The number of anilines is 1. The van der Waals surface area contributed by atoms with E-state index in [1.165, 1.54) is 23.1 Å². The van der Waals surface area contributed by atoms with Crippen molar-refractivity contribution in [3.63, 3.8) is 0 Å². The first-order chi connectivity index (χ1) is 13.1. The highest BCUT2D eigenvalue weighted by Gasteiger charge is 2.37. The van der Waals surface area contributed by atoms with Crippen LogP contribution in [0.25, 0.3) is 0 Å². The highest BCUT2D eigenvalue weighted by Crippen LogP contribution is 2.34. The molecule has 6 nitrogen and oxygen atoms in total. The first-order valence-corrected chi connectivity index (χ1v) is 8.84. The molecule has 7 heteroatoms. The molecule has 2 aliphatic heterocycles. The number of fused-ring (bicyclic) bond motifs is 1. The van der Waals surface area contributed by atoms with Crippen molar-refractivity contribution in [1.29, 1.82) is 0 Å². The van der Waals surface area contributed by atoms with Gasteiger partial charge >= 0.3 is 0 Å². The number of amides is 2. The molecule has 2 amide bonds. The lowest BCUT2D eigenvalue weighted by Gasteiger charge is -2.37. The van der Waals surface area contributed by atoms with Crippen molar-refractivity contribution in [2.45, 2.75) is 6.10 Å². The van der Waals surface area contributed by atoms with Gasteiger partial charge in [0.25, 0.3) is 11.8 Å². The molecule has 0 saturated carbocycles. The Balaban J connectivity index is 1.65. The molecule has 0 aliphatic carbocycles. The molecule has 2 heterocycles. The number of morpholine rings is 1. The Morgan fingerprint density at radius 2 is 1.70 bits per heavy atom. The van der Waals surface area contributed by atoms with Crippen LogP contribution in [0, 0.1) is 5.82 Å². The van der Waals surface area contributed by atoms with E-state index in [2.05, 4.69) is 0 Å². The zero-order valence-corrected chi connectivity index (χ0v) is 14.6. The van der Waals surface area contributed by atoms with Gasteiger partial charge in [-0.25, -0.2) is 4.39 Å². The minimum atomic E-state index is -0.839. The maximum absolute atomic E-state index is 14.1. The maximum atomic E-state index is 14.1. The third-order valence-electron chi connectivity index (χ3n) is 4.72. The van der Waals surface area contributed by atoms with Gasteiger partial charge in [0.15, 0.2) is 6.10 Å². The summed E-state index contributed by atoms with van der Waals surface area (Å²) in [5, 5.41) is 0. The maximum Gasteiger partial charge on any atom is 0.265 e. The van der Waals surface area contributed by atoms with Crippen molar-refractivity contribution in [1.82, 2.24) is 4.90 Å². The summed E-state index contributed by atoms with van der Waals surface area (Å²) in [6, 6.07) is 12.8. The lowest BCUT2D eigenvalue weighted by Crippen LogP contribution is -2.54. The molecular weight excluding hydrogens is 351 g/mol. The molecule has 2 aromatic rings. The molecule has 1 atom stereocenters. The fraction of sp³-hybridized carbons (Fsp3) is 0.300. The Morgan fingerprint density at radius 3 is 2.48 bits per heavy atom. The van der Waals surface area contributed by atoms with Crippen molar-refractivity contribution in [3.05, 3.63) is 59.9 Å². The first-order valence-electron chi connectivity index (χ1n) is 8.84. The van der Waals surface area contributed by atoms with Gasteiger partial charge < -0.3 is 19.3 Å². The molecule has 0 spiro atoms. The van der Waals surface area contributed by atoms with Gasteiger partial charge in [0, 0.05) is 13.1 Å². The molecule has 1 saturated heterocycles. The van der Waals surface area contributed by atoms with Crippen LogP contribution in [0.4, 0.5) is 10.1 Å². The van der Waals surface area contributed by atoms with Crippen LogP contribution in [0.15, 0.2) is 48.5 Å². The summed E-state index contributed by atoms with van der Waals surface area (Å²) in [4.78, 5) is 29.0. The van der Waals surface area contributed by atoms with E-state index >= 15 is 0 Å². The third-order valence-corrected chi connectivity index (χ3v) is 4.72. The van der Waals surface area contributed by atoms with Crippen LogP contribution in [-0.4, -0.2) is 55.7 Å². The largest absolute Gasteiger partial charge is 0.476 e. The predicted molar refractivity (Wildman–Crippen MR) is 96.3 cm³/mol. The van der Waals surface area contributed by atoms with E-state index in [9.17, 15) is 14.0 Å². The molecule has 0 aromatic heterocycles. The zero-order valence-electron chi connectivity index (χ0n) is 14.6. The minimum absolute atomic E-state index is 0.0281. The van der Waals surface area contributed by atoms with E-state index < -0.39 is 17.8 Å². The van der Waals surface area contributed by atoms with E-state index in [0.29, 0.717) is 37.7 Å². The highest BCUT2D eigenvalue weighted by molar-refractivity contribution is 6.08. The lowest BCUT2D eigenvalue weighted by atomic mass is 10.1. The molecule has 2 aliphatic rings. The number of ether oxygens (including phenoxy) is 2. The van der Waals surface area contributed by atoms with Crippen LogP contribution in [-0.2, 0) is 9.53 Å². The standard InChI is InChI=1S/C20H19FN2O4/c21-15-6-2-1-5-14(15)19(24)23-13-18(20(25)22-9-11-26-12-10-22)27-17-8-4-3-7-16(17)23/h1-8,18H,9-13H2/t18-/m0/s1. The molecule has 0 N–H and O–H groups in total. The topological polar surface area (TPSA) is 59.1 Å². The summed E-state index contributed by atoms with van der Waals surface area (Å²) in [7, 11) is 0. The van der Waals surface area contributed by atoms with Crippen LogP contribution >= 0.6 is 0 Å². The average Bonchev–Trinajstić information content (AvgIpc) is 2.73. The second-order valence-corrected chi connectivity index (χ2v) is 6.41. The van der Waals surface area contributed by atoms with Crippen LogP contribution in [0.3, 0.4) is 0 Å². The quantitative estimate of drug-likeness (QED) is 0.812. The summed E-state index contributed by atoms with van der Waals surface area (Å²) in [6.07, 6.45) is -0.839. The number of carbonyl (C=O) groups excluding carboxylic acids is 2. The number of hydrogen-bond donors (Lipinski definition) is 0. The number of carbonyl (C=O) groups is 2. The Bertz CT molecular complexity index is 867. The Labute approximate surface area is 156 Å². The summed E-state index contributed by atoms with van der Waals surface area (Å²) in [5.41, 5.74) is 0.489. The Hall–Kier alpha value is -2.93. The summed E-state index contributed by atoms with van der Waals surface area (Å²) >= 11 is 0. The number of benzene rings is 2. The van der Waals surface area contributed by atoms with Crippen LogP contribution in [0.1, 0.15) is 10.4 Å². The Kier molecular flexibility index (Phi) is 4.77. The SMILES string of the molecule is O=C([C@@H]1CN(C(=O)c2ccccc2F)c2ccccc2O1)N1CCOCC1. The van der Waals surface area contributed by atoms with E-state index in [-0.39, 0.29) is 18.0 Å². The first kappa shape index (κ1) is 17.5. The number of para-hydroxylation sites is 2. The van der Waals surface area contributed by atoms with Crippen molar-refractivity contribution >= 4 is 17.5 Å². The average molecular weight is 370 g/mol. The van der Waals surface area contributed by atoms with E-state index in [0.717, 1.165) is 0 Å². The number of nitrogens with zero attached hydrogens (tertiary/aromatic N) is 2. The Morgan fingerprint density at radius 1 is 1.00 bits per heavy atom. The fourth-order valence-corrected chi connectivity index (χ4v) is 3.32. The summed E-state index contributed by atoms with van der Waals surface area (Å²) in [6.45, 7) is 1.96. The van der Waals surface area contributed by atoms with E-state index in [1.807, 2.05) is 0 Å². The molecule has 1 fully saturated rings. The second-order valence-electron chi connectivity index (χ2n) is 6.41. The van der Waals surface area contributed by atoms with Crippen molar-refractivity contribution in [2.75, 3.05) is 37.7 Å². The summed E-state index contributed by atoms with van der Waals surface area (Å²) in [5.74, 6) is -0.856. The fourth-order valence-electron chi connectivity index (χ4n) is 3.32. The second kappa shape index (κ2) is 7.36. The van der Waals surface area contributed by atoms with Gasteiger partial charge in [-0.15, -0.1) is 0 Å². The third kappa shape index (κ3) is 3.38. The van der Waals surface area contributed by atoms with Gasteiger partial charge in [-0.1, -0.05) is 24.3 Å². The van der Waals surface area contributed by atoms with Crippen molar-refractivity contribution < 1.29 is 23.5 Å². The molecule has 4 rings (SSSR count). The normalized spacial score (nSPS) is 19.2. The van der Waals surface area contributed by atoms with Crippen LogP contribution in [0.5, 0.6) is 5.75 Å². The van der Waals surface area contributed by atoms with E-state index in [4.69, 9.17) is 9.47 Å². The van der Waals surface area contributed by atoms with E-state index in [1.54, 1.807) is 35.2 Å². The van der Waals surface area contributed by atoms with Gasteiger partial charge in [-0.3, -0.25) is 9.59 Å². The molecule has 140 valence electrons. The van der Waals surface area contributed by atoms with Gasteiger partial charge in [0.2, 0.25) is 0 Å². The molecule has 0 radical (unpaired) electrons.